The average molecular weight is 245 g/mol. The van der Waals surface area contributed by atoms with Crippen LogP contribution in [0.4, 0.5) is 11.4 Å². The zero-order valence-electron chi connectivity index (χ0n) is 9.70. The van der Waals surface area contributed by atoms with Crippen molar-refractivity contribution < 1.29 is 4.92 Å². The van der Waals surface area contributed by atoms with Gasteiger partial charge in [-0.15, -0.1) is 0 Å². The van der Waals surface area contributed by atoms with Gasteiger partial charge in [0, 0.05) is 12.4 Å². The molecular formula is C11H11N5O2. The molecule has 0 aliphatic rings. The van der Waals surface area contributed by atoms with Crippen LogP contribution in [-0.2, 0) is 6.54 Å². The molecule has 0 aromatic carbocycles. The molecule has 0 unspecified atom stereocenters. The molecule has 0 radical (unpaired) electrons. The molecule has 7 heteroatoms. The molecule has 2 aromatic rings. The number of aryl methyl sites for hydroxylation is 1. The number of nitrogens with zero attached hydrogens (tertiary/aromatic N) is 4. The number of hydrogen-bond acceptors (Lipinski definition) is 6. The summed E-state index contributed by atoms with van der Waals surface area (Å²) in [5.74, 6) is 0.665. The smallest absolute Gasteiger partial charge is 0.310 e. The summed E-state index contributed by atoms with van der Waals surface area (Å²) < 4.78 is 0. The summed E-state index contributed by atoms with van der Waals surface area (Å²) >= 11 is 0. The van der Waals surface area contributed by atoms with Gasteiger partial charge in [-0.05, 0) is 19.1 Å². The van der Waals surface area contributed by atoms with E-state index < -0.39 is 4.92 Å². The molecule has 92 valence electrons. The molecule has 0 saturated heterocycles. The second-order valence-corrected chi connectivity index (χ2v) is 3.60. The number of aromatic nitrogens is 3. The second kappa shape index (κ2) is 5.17. The summed E-state index contributed by atoms with van der Waals surface area (Å²) in [6, 6.07) is 3.32. The molecule has 2 heterocycles. The number of hydrogen-bond donors (Lipinski definition) is 1. The van der Waals surface area contributed by atoms with Crippen molar-refractivity contribution in [1.29, 1.82) is 0 Å². The Bertz CT molecular complexity index is 573. The van der Waals surface area contributed by atoms with Gasteiger partial charge in [-0.25, -0.2) is 9.97 Å². The Balaban J connectivity index is 2.13. The van der Waals surface area contributed by atoms with Gasteiger partial charge in [-0.2, -0.15) is 0 Å². The maximum Gasteiger partial charge on any atom is 0.310 e. The maximum absolute atomic E-state index is 10.8. The van der Waals surface area contributed by atoms with Crippen LogP contribution in [0.3, 0.4) is 0 Å². The minimum atomic E-state index is -0.472. The van der Waals surface area contributed by atoms with E-state index in [0.717, 1.165) is 5.69 Å². The number of anilines is 1. The largest absolute Gasteiger partial charge is 0.374 e. The van der Waals surface area contributed by atoms with Gasteiger partial charge in [0.15, 0.2) is 0 Å². The Labute approximate surface area is 103 Å². The molecule has 7 nitrogen and oxygen atoms in total. The third kappa shape index (κ3) is 2.76. The van der Waals surface area contributed by atoms with E-state index >= 15 is 0 Å². The summed E-state index contributed by atoms with van der Waals surface area (Å²) in [5, 5.41) is 13.8. The van der Waals surface area contributed by atoms with Gasteiger partial charge in [0.05, 0.1) is 17.2 Å². The molecular weight excluding hydrogens is 234 g/mol. The molecule has 0 aliphatic heterocycles. The van der Waals surface area contributed by atoms with Crippen LogP contribution in [0.25, 0.3) is 0 Å². The van der Waals surface area contributed by atoms with Crippen molar-refractivity contribution >= 4 is 11.4 Å². The third-order valence-electron chi connectivity index (χ3n) is 2.29. The van der Waals surface area contributed by atoms with E-state index in [4.69, 9.17) is 0 Å². The van der Waals surface area contributed by atoms with Crippen molar-refractivity contribution in [1.82, 2.24) is 15.0 Å². The van der Waals surface area contributed by atoms with Crippen LogP contribution in [0, 0.1) is 17.0 Å². The van der Waals surface area contributed by atoms with Crippen LogP contribution < -0.4 is 5.32 Å². The van der Waals surface area contributed by atoms with E-state index in [0.29, 0.717) is 18.1 Å². The highest BCUT2D eigenvalue weighted by atomic mass is 16.6. The molecule has 2 rings (SSSR count). The van der Waals surface area contributed by atoms with Crippen molar-refractivity contribution in [3.63, 3.8) is 0 Å². The molecule has 0 fully saturated rings. The highest BCUT2D eigenvalue weighted by Crippen LogP contribution is 2.22. The molecule has 0 atom stereocenters. The molecule has 18 heavy (non-hydrogen) atoms. The zero-order valence-corrected chi connectivity index (χ0v) is 9.70. The quantitative estimate of drug-likeness (QED) is 0.650. The Kier molecular flexibility index (Phi) is 3.42. The van der Waals surface area contributed by atoms with Crippen molar-refractivity contribution in [2.24, 2.45) is 0 Å². The van der Waals surface area contributed by atoms with Gasteiger partial charge in [0.1, 0.15) is 17.7 Å². The topological polar surface area (TPSA) is 93.8 Å². The number of nitrogens with one attached hydrogen (secondary N) is 1. The van der Waals surface area contributed by atoms with Crippen LogP contribution in [0.15, 0.2) is 30.7 Å². The molecule has 2 aromatic heterocycles. The highest BCUT2D eigenvalue weighted by Gasteiger charge is 2.12. The first-order chi connectivity index (χ1) is 8.66. The van der Waals surface area contributed by atoms with Gasteiger partial charge in [0.25, 0.3) is 0 Å². The lowest BCUT2D eigenvalue weighted by Gasteiger charge is -2.06. The monoisotopic (exact) mass is 245 g/mol. The summed E-state index contributed by atoms with van der Waals surface area (Å²) in [4.78, 5) is 22.2. The normalized spacial score (nSPS) is 10.1. The molecule has 1 N–H and O–H groups in total. The van der Waals surface area contributed by atoms with E-state index in [1.165, 1.54) is 12.4 Å². The minimum absolute atomic E-state index is 0.0525. The molecule has 0 aliphatic carbocycles. The van der Waals surface area contributed by atoms with E-state index in [1.54, 1.807) is 25.3 Å². The Hall–Kier alpha value is -2.57. The summed E-state index contributed by atoms with van der Waals surface area (Å²) in [7, 11) is 0. The summed E-state index contributed by atoms with van der Waals surface area (Å²) in [6.07, 6.45) is 4.37. The summed E-state index contributed by atoms with van der Waals surface area (Å²) in [6.45, 7) is 2.19. The van der Waals surface area contributed by atoms with Gasteiger partial charge in [-0.1, -0.05) is 0 Å². The first kappa shape index (κ1) is 11.9. The van der Waals surface area contributed by atoms with Crippen LogP contribution in [0.5, 0.6) is 0 Å². The van der Waals surface area contributed by atoms with Crippen LogP contribution in [-0.4, -0.2) is 19.9 Å². The lowest BCUT2D eigenvalue weighted by atomic mass is 10.3. The Morgan fingerprint density at radius 3 is 2.94 bits per heavy atom. The van der Waals surface area contributed by atoms with Crippen molar-refractivity contribution in [2.45, 2.75) is 13.5 Å². The van der Waals surface area contributed by atoms with Gasteiger partial charge < -0.3 is 5.32 Å². The van der Waals surface area contributed by atoms with E-state index in [2.05, 4.69) is 20.3 Å². The molecule has 0 spiro atoms. The average Bonchev–Trinajstić information content (AvgIpc) is 2.37. The van der Waals surface area contributed by atoms with E-state index in [-0.39, 0.29) is 5.69 Å². The number of nitro groups is 1. The minimum Gasteiger partial charge on any atom is -0.374 e. The van der Waals surface area contributed by atoms with Gasteiger partial charge >= 0.3 is 5.69 Å². The summed E-state index contributed by atoms with van der Waals surface area (Å²) in [5.41, 5.74) is 1.14. The predicted molar refractivity (Wildman–Crippen MR) is 65.0 cm³/mol. The predicted octanol–water partition coefficient (Wildman–Crippen LogP) is 1.70. The molecule has 0 saturated carbocycles. The van der Waals surface area contributed by atoms with E-state index in [9.17, 15) is 10.1 Å². The zero-order chi connectivity index (χ0) is 13.0. The Morgan fingerprint density at radius 2 is 2.22 bits per heavy atom. The molecule has 0 amide bonds. The SMILES string of the molecule is Cc1nccc(CNc2ccncc2[N+](=O)[O-])n1. The number of rotatable bonds is 4. The lowest BCUT2D eigenvalue weighted by Crippen LogP contribution is -2.05. The van der Waals surface area contributed by atoms with Crippen LogP contribution >= 0.6 is 0 Å². The standard InChI is InChI=1S/C11H11N5O2/c1-8-13-5-2-9(15-8)6-14-10-3-4-12-7-11(10)16(17)18/h2-5,7H,6H2,1H3,(H,12,14). The first-order valence-corrected chi connectivity index (χ1v) is 5.27. The van der Waals surface area contributed by atoms with Crippen LogP contribution in [0.1, 0.15) is 11.5 Å². The fourth-order valence-electron chi connectivity index (χ4n) is 1.47. The van der Waals surface area contributed by atoms with Gasteiger partial charge in [-0.3, -0.25) is 15.1 Å². The van der Waals surface area contributed by atoms with Crippen molar-refractivity contribution in [3.8, 4) is 0 Å². The maximum atomic E-state index is 10.8. The fourth-order valence-corrected chi connectivity index (χ4v) is 1.47. The van der Waals surface area contributed by atoms with Crippen molar-refractivity contribution in [3.05, 3.63) is 52.4 Å². The fraction of sp³-hybridized carbons (Fsp3) is 0.182. The highest BCUT2D eigenvalue weighted by molar-refractivity contribution is 5.59. The first-order valence-electron chi connectivity index (χ1n) is 5.27. The van der Waals surface area contributed by atoms with Gasteiger partial charge in [0.2, 0.25) is 0 Å². The lowest BCUT2D eigenvalue weighted by molar-refractivity contribution is -0.384. The third-order valence-corrected chi connectivity index (χ3v) is 2.29. The van der Waals surface area contributed by atoms with E-state index in [1.807, 2.05) is 0 Å². The second-order valence-electron chi connectivity index (χ2n) is 3.60. The Morgan fingerprint density at radius 1 is 1.39 bits per heavy atom. The number of pyridine rings is 1. The van der Waals surface area contributed by atoms with Crippen molar-refractivity contribution in [2.75, 3.05) is 5.32 Å². The van der Waals surface area contributed by atoms with Crippen LogP contribution in [0.2, 0.25) is 0 Å². The molecule has 0 bridgehead atoms.